The lowest BCUT2D eigenvalue weighted by atomic mass is 10.3. The number of esters is 2. The van der Waals surface area contributed by atoms with Crippen molar-refractivity contribution in [3.8, 4) is 0 Å². The van der Waals surface area contributed by atoms with Crippen LogP contribution in [0.2, 0.25) is 0 Å². The number of aliphatic hydroxyl groups is 2. The number of ether oxygens (including phenoxy) is 4. The minimum Gasteiger partial charge on any atom is -0.463 e. The Balaban J connectivity index is 3.63. The highest BCUT2D eigenvalue weighted by atomic mass is 16.6. The molecule has 0 radical (unpaired) electrons. The number of carbonyl (C=O) groups excluding carboxylic acids is 2. The molecule has 0 amide bonds. The van der Waals surface area contributed by atoms with Crippen molar-refractivity contribution in [2.45, 2.75) is 71.0 Å². The third kappa shape index (κ3) is 17.9. The summed E-state index contributed by atoms with van der Waals surface area (Å²) in [5.74, 6) is -1.19. The van der Waals surface area contributed by atoms with Gasteiger partial charge in [-0.05, 0) is 12.8 Å². The summed E-state index contributed by atoms with van der Waals surface area (Å²) in [6, 6.07) is 0. The van der Waals surface area contributed by atoms with Gasteiger partial charge < -0.3 is 29.2 Å². The van der Waals surface area contributed by atoms with Crippen LogP contribution in [-0.2, 0) is 28.5 Å². The van der Waals surface area contributed by atoms with E-state index < -0.39 is 24.1 Å². The number of carbonyl (C=O) groups is 2. The second-order valence-corrected chi connectivity index (χ2v) is 6.38. The molecule has 0 fully saturated rings. The molecule has 0 saturated heterocycles. The van der Waals surface area contributed by atoms with Crippen LogP contribution >= 0.6 is 0 Å². The van der Waals surface area contributed by atoms with E-state index in [4.69, 9.17) is 18.9 Å². The number of rotatable bonds is 18. The molecule has 0 heterocycles. The van der Waals surface area contributed by atoms with Crippen molar-refractivity contribution in [3.05, 3.63) is 0 Å². The molecule has 2 unspecified atom stereocenters. The maximum absolute atomic E-state index is 11.6. The summed E-state index contributed by atoms with van der Waals surface area (Å²) in [6.45, 7) is 5.13. The van der Waals surface area contributed by atoms with Gasteiger partial charge in [-0.15, -0.1) is 0 Å². The van der Waals surface area contributed by atoms with Crippen LogP contribution in [-0.4, -0.2) is 74.0 Å². The average molecular weight is 392 g/mol. The van der Waals surface area contributed by atoms with Crippen LogP contribution in [0.5, 0.6) is 0 Å². The summed E-state index contributed by atoms with van der Waals surface area (Å²) in [5, 5.41) is 19.3. The average Bonchev–Trinajstić information content (AvgIpc) is 2.66. The molecule has 8 heteroatoms. The van der Waals surface area contributed by atoms with Crippen molar-refractivity contribution in [2.75, 3.05) is 39.6 Å². The Morgan fingerprint density at radius 1 is 0.704 bits per heavy atom. The third-order valence-corrected chi connectivity index (χ3v) is 3.56. The first kappa shape index (κ1) is 25.8. The largest absolute Gasteiger partial charge is 0.463 e. The van der Waals surface area contributed by atoms with Gasteiger partial charge in [0.05, 0.1) is 26.1 Å². The van der Waals surface area contributed by atoms with Crippen LogP contribution in [0.25, 0.3) is 0 Å². The highest BCUT2D eigenvalue weighted by Gasteiger charge is 2.13. The first-order valence-electron chi connectivity index (χ1n) is 9.82. The summed E-state index contributed by atoms with van der Waals surface area (Å²) in [5.41, 5.74) is 0. The molecule has 0 bridgehead atoms. The van der Waals surface area contributed by atoms with Gasteiger partial charge in [-0.2, -0.15) is 0 Å². The maximum Gasteiger partial charge on any atom is 0.306 e. The molecule has 8 nitrogen and oxygen atoms in total. The molecule has 160 valence electrons. The van der Waals surface area contributed by atoms with E-state index in [9.17, 15) is 19.8 Å². The number of aliphatic hydroxyl groups excluding tert-OH is 2. The zero-order valence-electron chi connectivity index (χ0n) is 16.7. The fourth-order valence-electron chi connectivity index (χ4n) is 1.96. The topological polar surface area (TPSA) is 112 Å². The van der Waals surface area contributed by atoms with Crippen LogP contribution in [0.4, 0.5) is 0 Å². The molecule has 0 spiro atoms. The Morgan fingerprint density at radius 3 is 1.59 bits per heavy atom. The number of hydrogen-bond donors (Lipinski definition) is 2. The lowest BCUT2D eigenvalue weighted by molar-refractivity contribution is -0.154. The Bertz CT molecular complexity index is 375. The van der Waals surface area contributed by atoms with Crippen LogP contribution in [0, 0.1) is 0 Å². The van der Waals surface area contributed by atoms with Crippen LogP contribution < -0.4 is 0 Å². The molecule has 0 rings (SSSR count). The molecule has 0 aromatic rings. The standard InChI is InChI=1S/C19H36O8/c1-3-5-7-11-25-13-17(21)15-27-19(23)9-8-18(22)26-14-16(20)12-24-10-6-4-2/h16-17,20-21H,3-15H2,1-2H3. The highest BCUT2D eigenvalue weighted by Crippen LogP contribution is 2.00. The zero-order valence-corrected chi connectivity index (χ0v) is 16.7. The van der Waals surface area contributed by atoms with E-state index in [0.717, 1.165) is 32.1 Å². The van der Waals surface area contributed by atoms with Gasteiger partial charge in [0.1, 0.15) is 25.4 Å². The molecule has 27 heavy (non-hydrogen) atoms. The maximum atomic E-state index is 11.6. The van der Waals surface area contributed by atoms with E-state index in [0.29, 0.717) is 13.2 Å². The predicted molar refractivity (Wildman–Crippen MR) is 99.2 cm³/mol. The van der Waals surface area contributed by atoms with Gasteiger partial charge in [0.2, 0.25) is 0 Å². The molecule has 0 aromatic heterocycles. The lowest BCUT2D eigenvalue weighted by Gasteiger charge is -2.13. The predicted octanol–water partition coefficient (Wildman–Crippen LogP) is 1.60. The summed E-state index contributed by atoms with van der Waals surface area (Å²) < 4.78 is 20.3. The van der Waals surface area contributed by atoms with Crippen molar-refractivity contribution in [3.63, 3.8) is 0 Å². The van der Waals surface area contributed by atoms with Crippen molar-refractivity contribution in [1.82, 2.24) is 0 Å². The normalized spacial score (nSPS) is 13.2. The number of hydrogen-bond acceptors (Lipinski definition) is 8. The Labute approximate surface area is 162 Å². The van der Waals surface area contributed by atoms with Gasteiger partial charge in [0, 0.05) is 13.2 Å². The Morgan fingerprint density at radius 2 is 1.15 bits per heavy atom. The van der Waals surface area contributed by atoms with E-state index >= 15 is 0 Å². The Hall–Kier alpha value is -1.22. The molecule has 0 aromatic carbocycles. The van der Waals surface area contributed by atoms with Crippen LogP contribution in [0.3, 0.4) is 0 Å². The fourth-order valence-corrected chi connectivity index (χ4v) is 1.96. The second kappa shape index (κ2) is 18.2. The molecule has 0 aliphatic heterocycles. The number of unbranched alkanes of at least 4 members (excludes halogenated alkanes) is 3. The van der Waals surface area contributed by atoms with Crippen LogP contribution in [0.15, 0.2) is 0 Å². The van der Waals surface area contributed by atoms with Gasteiger partial charge in [-0.25, -0.2) is 0 Å². The fraction of sp³-hybridized carbons (Fsp3) is 0.895. The summed E-state index contributed by atoms with van der Waals surface area (Å²) in [6.07, 6.45) is 2.96. The lowest BCUT2D eigenvalue weighted by Crippen LogP contribution is -2.25. The van der Waals surface area contributed by atoms with Gasteiger partial charge in [-0.3, -0.25) is 9.59 Å². The van der Waals surface area contributed by atoms with Crippen molar-refractivity contribution >= 4 is 11.9 Å². The molecule has 2 N–H and O–H groups in total. The quantitative estimate of drug-likeness (QED) is 0.267. The van der Waals surface area contributed by atoms with E-state index in [-0.39, 0.29) is 39.3 Å². The van der Waals surface area contributed by atoms with Crippen molar-refractivity contribution in [2.24, 2.45) is 0 Å². The highest BCUT2D eigenvalue weighted by molar-refractivity contribution is 5.77. The monoisotopic (exact) mass is 392 g/mol. The van der Waals surface area contributed by atoms with Gasteiger partial charge in [-0.1, -0.05) is 33.1 Å². The molecule has 0 aliphatic rings. The van der Waals surface area contributed by atoms with E-state index in [1.807, 2.05) is 6.92 Å². The van der Waals surface area contributed by atoms with Gasteiger partial charge in [0.15, 0.2) is 0 Å². The van der Waals surface area contributed by atoms with E-state index in [2.05, 4.69) is 6.92 Å². The van der Waals surface area contributed by atoms with E-state index in [1.165, 1.54) is 0 Å². The van der Waals surface area contributed by atoms with Crippen LogP contribution in [0.1, 0.15) is 58.8 Å². The molecule has 0 aliphatic carbocycles. The molecule has 0 saturated carbocycles. The first-order chi connectivity index (χ1) is 13.0. The third-order valence-electron chi connectivity index (χ3n) is 3.56. The SMILES string of the molecule is CCCCCOCC(O)COC(=O)CCC(=O)OCC(O)COCCCC. The van der Waals surface area contributed by atoms with Gasteiger partial charge >= 0.3 is 11.9 Å². The molecular weight excluding hydrogens is 356 g/mol. The molecule has 2 atom stereocenters. The van der Waals surface area contributed by atoms with Gasteiger partial charge in [0.25, 0.3) is 0 Å². The zero-order chi connectivity index (χ0) is 20.3. The minimum atomic E-state index is -0.884. The Kier molecular flexibility index (Phi) is 17.3. The van der Waals surface area contributed by atoms with E-state index in [1.54, 1.807) is 0 Å². The first-order valence-corrected chi connectivity index (χ1v) is 9.82. The second-order valence-electron chi connectivity index (χ2n) is 6.38. The smallest absolute Gasteiger partial charge is 0.306 e. The molecular formula is C19H36O8. The summed E-state index contributed by atoms with van der Waals surface area (Å²) in [4.78, 5) is 23.1. The minimum absolute atomic E-state index is 0.105. The summed E-state index contributed by atoms with van der Waals surface area (Å²) >= 11 is 0. The van der Waals surface area contributed by atoms with Crippen molar-refractivity contribution < 1.29 is 38.7 Å². The van der Waals surface area contributed by atoms with Crippen molar-refractivity contribution in [1.29, 1.82) is 0 Å². The summed E-state index contributed by atoms with van der Waals surface area (Å²) in [7, 11) is 0.